The van der Waals surface area contributed by atoms with Crippen molar-refractivity contribution >= 4 is 5.69 Å². The zero-order valence-corrected chi connectivity index (χ0v) is 12.2. The summed E-state index contributed by atoms with van der Waals surface area (Å²) in [4.78, 5) is 6.80. The van der Waals surface area contributed by atoms with Crippen molar-refractivity contribution in [3.63, 3.8) is 0 Å². The van der Waals surface area contributed by atoms with Gasteiger partial charge in [-0.2, -0.15) is 0 Å². The van der Waals surface area contributed by atoms with Crippen LogP contribution in [0.4, 0.5) is 5.69 Å². The number of nitrogens with zero attached hydrogens (tertiary/aromatic N) is 2. The summed E-state index contributed by atoms with van der Waals surface area (Å²) in [7, 11) is 2.04. The Hall–Kier alpha value is -1.09. The van der Waals surface area contributed by atoms with E-state index >= 15 is 0 Å². The molecule has 0 spiro atoms. The summed E-state index contributed by atoms with van der Waals surface area (Å²) < 4.78 is 0. The number of anilines is 1. The van der Waals surface area contributed by atoms with E-state index in [1.54, 1.807) is 0 Å². The van der Waals surface area contributed by atoms with E-state index in [-0.39, 0.29) is 0 Å². The van der Waals surface area contributed by atoms with Gasteiger partial charge in [0.25, 0.3) is 0 Å². The fourth-order valence-corrected chi connectivity index (χ4v) is 2.33. The van der Waals surface area contributed by atoms with Crippen LogP contribution in [-0.2, 0) is 0 Å². The third-order valence-electron chi connectivity index (χ3n) is 3.37. The molecule has 0 aromatic carbocycles. The first kappa shape index (κ1) is 15.0. The maximum absolute atomic E-state index is 4.36. The number of aryl methyl sites for hydroxylation is 1. The quantitative estimate of drug-likeness (QED) is 0.893. The zero-order chi connectivity index (χ0) is 13.4. The third-order valence-corrected chi connectivity index (χ3v) is 3.37. The van der Waals surface area contributed by atoms with Crippen molar-refractivity contribution in [3.8, 4) is 0 Å². The summed E-state index contributed by atoms with van der Waals surface area (Å²) in [6.45, 7) is 9.51. The van der Waals surface area contributed by atoms with Crippen molar-refractivity contribution in [1.82, 2.24) is 10.3 Å². The van der Waals surface area contributed by atoms with Gasteiger partial charge in [-0.25, -0.2) is 0 Å². The molecule has 3 heteroatoms. The summed E-state index contributed by atoms with van der Waals surface area (Å²) in [6, 6.07) is 4.27. The molecule has 0 atom stereocenters. The Morgan fingerprint density at radius 2 is 1.94 bits per heavy atom. The van der Waals surface area contributed by atoms with Gasteiger partial charge >= 0.3 is 0 Å². The maximum Gasteiger partial charge on any atom is 0.0552 e. The Morgan fingerprint density at radius 1 is 1.28 bits per heavy atom. The largest absolute Gasteiger partial charge is 0.370 e. The van der Waals surface area contributed by atoms with Gasteiger partial charge in [0, 0.05) is 18.8 Å². The van der Waals surface area contributed by atoms with E-state index in [0.717, 1.165) is 31.2 Å². The van der Waals surface area contributed by atoms with Crippen LogP contribution < -0.4 is 10.2 Å². The number of aromatic nitrogens is 1. The van der Waals surface area contributed by atoms with Crippen LogP contribution in [0.25, 0.3) is 0 Å². The Balaban J connectivity index is 0.000000771. The second kappa shape index (κ2) is 8.09. The number of pyridine rings is 1. The maximum atomic E-state index is 4.36. The second-order valence-electron chi connectivity index (χ2n) is 4.65. The molecule has 102 valence electrons. The normalized spacial score (nSPS) is 16.1. The van der Waals surface area contributed by atoms with Crippen molar-refractivity contribution < 1.29 is 0 Å². The molecule has 1 aromatic heterocycles. The third kappa shape index (κ3) is 4.30. The number of piperidine rings is 1. The molecule has 0 aliphatic carbocycles. The number of hydrogen-bond donors (Lipinski definition) is 1. The first-order valence-electron chi connectivity index (χ1n) is 7.12. The highest BCUT2D eigenvalue weighted by Gasteiger charge is 2.18. The summed E-state index contributed by atoms with van der Waals surface area (Å²) in [5, 5.41) is 3.27. The summed E-state index contributed by atoms with van der Waals surface area (Å²) in [6.07, 6.45) is 4.57. The van der Waals surface area contributed by atoms with Crippen LogP contribution in [-0.4, -0.2) is 31.7 Å². The molecule has 1 fully saturated rings. The van der Waals surface area contributed by atoms with E-state index in [9.17, 15) is 0 Å². The molecule has 1 aromatic rings. The van der Waals surface area contributed by atoms with Crippen LogP contribution in [0.2, 0.25) is 0 Å². The molecule has 18 heavy (non-hydrogen) atoms. The van der Waals surface area contributed by atoms with Gasteiger partial charge in [-0.3, -0.25) is 4.98 Å². The number of rotatable bonds is 3. The molecule has 1 aliphatic rings. The average Bonchev–Trinajstić information content (AvgIpc) is 2.43. The molecule has 0 saturated carbocycles. The van der Waals surface area contributed by atoms with E-state index < -0.39 is 0 Å². The lowest BCUT2D eigenvalue weighted by atomic mass is 9.96. The minimum Gasteiger partial charge on any atom is -0.370 e. The molecule has 2 rings (SSSR count). The first-order valence-corrected chi connectivity index (χ1v) is 7.12. The lowest BCUT2D eigenvalue weighted by molar-refractivity contribution is 0.393. The van der Waals surface area contributed by atoms with Crippen LogP contribution in [0.15, 0.2) is 18.3 Å². The first-order chi connectivity index (χ1) is 8.79. The van der Waals surface area contributed by atoms with Crippen molar-refractivity contribution in [2.24, 2.45) is 5.92 Å². The van der Waals surface area contributed by atoms with Gasteiger partial charge < -0.3 is 10.2 Å². The highest BCUT2D eigenvalue weighted by Crippen LogP contribution is 2.22. The zero-order valence-electron chi connectivity index (χ0n) is 12.2. The van der Waals surface area contributed by atoms with Gasteiger partial charge in [-0.1, -0.05) is 13.8 Å². The standard InChI is InChI=1S/C13H21N3.C2H6/c1-11-3-4-13(10-15-11)16-7-5-12(6-8-16)9-14-2;1-2/h3-4,10,12,14H,5-9H2,1-2H3;1-2H3. The highest BCUT2D eigenvalue weighted by molar-refractivity contribution is 5.44. The Kier molecular flexibility index (Phi) is 6.73. The molecule has 0 radical (unpaired) electrons. The topological polar surface area (TPSA) is 28.2 Å². The molecule has 1 saturated heterocycles. The van der Waals surface area contributed by atoms with Gasteiger partial charge in [0.1, 0.15) is 0 Å². The van der Waals surface area contributed by atoms with Crippen LogP contribution >= 0.6 is 0 Å². The highest BCUT2D eigenvalue weighted by atomic mass is 15.1. The summed E-state index contributed by atoms with van der Waals surface area (Å²) in [5.74, 6) is 0.847. The van der Waals surface area contributed by atoms with Gasteiger partial charge in [-0.05, 0) is 51.4 Å². The van der Waals surface area contributed by atoms with Crippen molar-refractivity contribution in [3.05, 3.63) is 24.0 Å². The fraction of sp³-hybridized carbons (Fsp3) is 0.667. The smallest absolute Gasteiger partial charge is 0.0552 e. The fourth-order valence-electron chi connectivity index (χ4n) is 2.33. The Bertz CT molecular complexity index is 313. The van der Waals surface area contributed by atoms with E-state index in [0.29, 0.717) is 0 Å². The molecule has 0 bridgehead atoms. The van der Waals surface area contributed by atoms with Crippen LogP contribution in [0.3, 0.4) is 0 Å². The number of hydrogen-bond acceptors (Lipinski definition) is 3. The molecule has 1 N–H and O–H groups in total. The van der Waals surface area contributed by atoms with Gasteiger partial charge in [0.2, 0.25) is 0 Å². The van der Waals surface area contributed by atoms with E-state index in [2.05, 4.69) is 27.3 Å². The lowest BCUT2D eigenvalue weighted by Crippen LogP contribution is -2.36. The van der Waals surface area contributed by atoms with Crippen molar-refractivity contribution in [2.45, 2.75) is 33.6 Å². The minimum atomic E-state index is 0.847. The molecule has 1 aliphatic heterocycles. The molecule has 0 amide bonds. The predicted octanol–water partition coefficient (Wildman–Crippen LogP) is 2.85. The SMILES string of the molecule is CC.CNCC1CCN(c2ccc(C)nc2)CC1. The van der Waals surface area contributed by atoms with Crippen LogP contribution in [0, 0.1) is 12.8 Å². The lowest BCUT2D eigenvalue weighted by Gasteiger charge is -2.33. The molecular formula is C15H27N3. The van der Waals surface area contributed by atoms with E-state index in [1.165, 1.54) is 18.5 Å². The minimum absolute atomic E-state index is 0.847. The van der Waals surface area contributed by atoms with Gasteiger partial charge in [0.05, 0.1) is 11.9 Å². The Labute approximate surface area is 112 Å². The molecular weight excluding hydrogens is 222 g/mol. The van der Waals surface area contributed by atoms with Gasteiger partial charge in [0.15, 0.2) is 0 Å². The predicted molar refractivity (Wildman–Crippen MR) is 79.2 cm³/mol. The summed E-state index contributed by atoms with van der Waals surface area (Å²) in [5.41, 5.74) is 2.36. The molecule has 3 nitrogen and oxygen atoms in total. The monoisotopic (exact) mass is 249 g/mol. The second-order valence-corrected chi connectivity index (χ2v) is 4.65. The van der Waals surface area contributed by atoms with Crippen molar-refractivity contribution in [1.29, 1.82) is 0 Å². The molecule has 0 unspecified atom stereocenters. The van der Waals surface area contributed by atoms with Crippen molar-refractivity contribution in [2.75, 3.05) is 31.6 Å². The summed E-state index contributed by atoms with van der Waals surface area (Å²) >= 11 is 0. The van der Waals surface area contributed by atoms with Gasteiger partial charge in [-0.15, -0.1) is 0 Å². The van der Waals surface area contributed by atoms with E-state index in [1.807, 2.05) is 34.0 Å². The van der Waals surface area contributed by atoms with Crippen LogP contribution in [0.5, 0.6) is 0 Å². The molecule has 2 heterocycles. The average molecular weight is 249 g/mol. The van der Waals surface area contributed by atoms with Crippen LogP contribution in [0.1, 0.15) is 32.4 Å². The Morgan fingerprint density at radius 3 is 2.44 bits per heavy atom. The van der Waals surface area contributed by atoms with E-state index in [4.69, 9.17) is 0 Å². The number of nitrogens with one attached hydrogen (secondary N) is 1.